The number of carbonyl (C=O) groups is 1. The zero-order valence-corrected chi connectivity index (χ0v) is 14.3. The smallest absolute Gasteiger partial charge is 0.223 e. The van der Waals surface area contributed by atoms with E-state index < -0.39 is 0 Å². The van der Waals surface area contributed by atoms with Crippen molar-refractivity contribution in [1.82, 2.24) is 25.4 Å². The van der Waals surface area contributed by atoms with E-state index in [4.69, 9.17) is 0 Å². The molecule has 1 unspecified atom stereocenters. The Morgan fingerprint density at radius 2 is 2.21 bits per heavy atom. The first-order valence-corrected chi connectivity index (χ1v) is 8.19. The van der Waals surface area contributed by atoms with Gasteiger partial charge in [0.25, 0.3) is 0 Å². The summed E-state index contributed by atoms with van der Waals surface area (Å²) in [6.07, 6.45) is 6.50. The topological polar surface area (TPSA) is 71.8 Å². The van der Waals surface area contributed by atoms with E-state index in [1.807, 2.05) is 24.3 Å². The molecule has 1 aliphatic heterocycles. The SMILES string of the molecule is Cl.O=C(NCc1cccc(-n2cncn2)c1)C1CC12CCNCC2. The van der Waals surface area contributed by atoms with Gasteiger partial charge in [-0.05, 0) is 55.5 Å². The summed E-state index contributed by atoms with van der Waals surface area (Å²) in [5.41, 5.74) is 2.32. The third-order valence-electron chi connectivity index (χ3n) is 5.17. The first-order chi connectivity index (χ1) is 11.3. The van der Waals surface area contributed by atoms with Gasteiger partial charge in [0.2, 0.25) is 5.91 Å². The first-order valence-electron chi connectivity index (χ1n) is 8.19. The number of halogens is 1. The molecule has 2 heterocycles. The fourth-order valence-electron chi connectivity index (χ4n) is 3.66. The molecule has 2 aromatic rings. The highest BCUT2D eigenvalue weighted by Gasteiger charge is 2.57. The maximum absolute atomic E-state index is 12.4. The molecule has 0 bridgehead atoms. The molecule has 24 heavy (non-hydrogen) atoms. The molecule has 128 valence electrons. The van der Waals surface area contributed by atoms with Crippen molar-refractivity contribution in [2.75, 3.05) is 13.1 Å². The third-order valence-corrected chi connectivity index (χ3v) is 5.17. The van der Waals surface area contributed by atoms with Crippen LogP contribution in [0.25, 0.3) is 5.69 Å². The first kappa shape index (κ1) is 16.9. The Labute approximate surface area is 147 Å². The monoisotopic (exact) mass is 347 g/mol. The number of nitrogens with one attached hydrogen (secondary N) is 2. The predicted octanol–water partition coefficient (Wildman–Crippen LogP) is 1.69. The lowest BCUT2D eigenvalue weighted by Gasteiger charge is -2.23. The summed E-state index contributed by atoms with van der Waals surface area (Å²) in [4.78, 5) is 16.4. The highest BCUT2D eigenvalue weighted by atomic mass is 35.5. The molecule has 1 spiro atoms. The molecule has 2 aliphatic rings. The van der Waals surface area contributed by atoms with Crippen molar-refractivity contribution in [3.63, 3.8) is 0 Å². The van der Waals surface area contributed by atoms with Crippen LogP contribution in [0.5, 0.6) is 0 Å². The zero-order valence-electron chi connectivity index (χ0n) is 13.4. The second kappa shape index (κ2) is 6.91. The van der Waals surface area contributed by atoms with Crippen LogP contribution in [0.3, 0.4) is 0 Å². The second-order valence-electron chi connectivity index (χ2n) is 6.60. The second-order valence-corrected chi connectivity index (χ2v) is 6.60. The molecule has 0 radical (unpaired) electrons. The summed E-state index contributed by atoms with van der Waals surface area (Å²) in [6, 6.07) is 8.00. The lowest BCUT2D eigenvalue weighted by Crippen LogP contribution is -2.33. The Kier molecular flexibility index (Phi) is 4.87. The van der Waals surface area contributed by atoms with Crippen LogP contribution in [-0.4, -0.2) is 33.8 Å². The summed E-state index contributed by atoms with van der Waals surface area (Å²) >= 11 is 0. The fourth-order valence-corrected chi connectivity index (χ4v) is 3.66. The van der Waals surface area contributed by atoms with Gasteiger partial charge in [0.15, 0.2) is 0 Å². The zero-order chi connectivity index (χ0) is 15.7. The Morgan fingerprint density at radius 1 is 1.38 bits per heavy atom. The molecule has 1 saturated carbocycles. The number of rotatable bonds is 4. The minimum absolute atomic E-state index is 0. The average Bonchev–Trinajstić information content (AvgIpc) is 3.02. The van der Waals surface area contributed by atoms with Gasteiger partial charge in [-0.25, -0.2) is 9.67 Å². The van der Waals surface area contributed by atoms with Crippen molar-refractivity contribution in [2.24, 2.45) is 11.3 Å². The van der Waals surface area contributed by atoms with Crippen molar-refractivity contribution < 1.29 is 4.79 Å². The molecule has 1 aliphatic carbocycles. The molecular formula is C17H22ClN5O. The van der Waals surface area contributed by atoms with Crippen LogP contribution in [0.2, 0.25) is 0 Å². The van der Waals surface area contributed by atoms with Crippen molar-refractivity contribution in [1.29, 1.82) is 0 Å². The van der Waals surface area contributed by atoms with E-state index in [-0.39, 0.29) is 29.6 Å². The number of aromatic nitrogens is 3. The number of benzene rings is 1. The number of amides is 1. The van der Waals surface area contributed by atoms with E-state index in [0.29, 0.717) is 6.54 Å². The van der Waals surface area contributed by atoms with Gasteiger partial charge in [0.1, 0.15) is 12.7 Å². The molecule has 1 atom stereocenters. The normalized spacial score (nSPS) is 21.1. The van der Waals surface area contributed by atoms with Crippen molar-refractivity contribution in [2.45, 2.75) is 25.8 Å². The Hall–Kier alpha value is -1.92. The molecule has 2 N–H and O–H groups in total. The Morgan fingerprint density at radius 3 is 2.96 bits per heavy atom. The molecule has 1 saturated heterocycles. The molecule has 7 heteroatoms. The van der Waals surface area contributed by atoms with Gasteiger partial charge in [-0.2, -0.15) is 5.10 Å². The maximum Gasteiger partial charge on any atom is 0.223 e. The highest BCUT2D eigenvalue weighted by Crippen LogP contribution is 2.58. The molecule has 1 aromatic carbocycles. The van der Waals surface area contributed by atoms with E-state index in [2.05, 4.69) is 20.7 Å². The lowest BCUT2D eigenvalue weighted by molar-refractivity contribution is -0.123. The quantitative estimate of drug-likeness (QED) is 0.883. The number of nitrogens with zero attached hydrogens (tertiary/aromatic N) is 3. The van der Waals surface area contributed by atoms with Crippen LogP contribution in [0, 0.1) is 11.3 Å². The van der Waals surface area contributed by atoms with Gasteiger partial charge in [0.05, 0.1) is 5.69 Å². The van der Waals surface area contributed by atoms with Crippen LogP contribution < -0.4 is 10.6 Å². The summed E-state index contributed by atoms with van der Waals surface area (Å²) in [7, 11) is 0. The molecule has 6 nitrogen and oxygen atoms in total. The molecular weight excluding hydrogens is 326 g/mol. The van der Waals surface area contributed by atoms with Gasteiger partial charge >= 0.3 is 0 Å². The number of carbonyl (C=O) groups excluding carboxylic acids is 1. The highest BCUT2D eigenvalue weighted by molar-refractivity contribution is 5.85. The Balaban J connectivity index is 0.00000169. The van der Waals surface area contributed by atoms with Gasteiger partial charge in [0, 0.05) is 12.5 Å². The largest absolute Gasteiger partial charge is 0.352 e. The van der Waals surface area contributed by atoms with Crippen LogP contribution in [0.1, 0.15) is 24.8 Å². The minimum atomic E-state index is 0. The number of piperidine rings is 1. The summed E-state index contributed by atoms with van der Waals surface area (Å²) in [6.45, 7) is 2.65. The van der Waals surface area contributed by atoms with Crippen LogP contribution >= 0.6 is 12.4 Å². The van der Waals surface area contributed by atoms with Crippen molar-refractivity contribution >= 4 is 18.3 Å². The van der Waals surface area contributed by atoms with Crippen LogP contribution in [0.15, 0.2) is 36.9 Å². The number of hydrogen-bond acceptors (Lipinski definition) is 4. The van der Waals surface area contributed by atoms with Crippen molar-refractivity contribution in [3.05, 3.63) is 42.5 Å². The molecule has 2 fully saturated rings. The van der Waals surface area contributed by atoms with Crippen LogP contribution in [0.4, 0.5) is 0 Å². The summed E-state index contributed by atoms with van der Waals surface area (Å²) < 4.78 is 1.72. The van der Waals surface area contributed by atoms with E-state index >= 15 is 0 Å². The van der Waals surface area contributed by atoms with E-state index in [1.165, 1.54) is 6.33 Å². The fraction of sp³-hybridized carbons (Fsp3) is 0.471. The van der Waals surface area contributed by atoms with E-state index in [0.717, 1.165) is 43.6 Å². The van der Waals surface area contributed by atoms with E-state index in [1.54, 1.807) is 11.0 Å². The van der Waals surface area contributed by atoms with Crippen molar-refractivity contribution in [3.8, 4) is 5.69 Å². The van der Waals surface area contributed by atoms with Gasteiger partial charge in [-0.15, -0.1) is 12.4 Å². The van der Waals surface area contributed by atoms with Crippen LogP contribution in [-0.2, 0) is 11.3 Å². The maximum atomic E-state index is 12.4. The standard InChI is InChI=1S/C17H21N5O.ClH/c23-16(15-9-17(15)4-6-18-7-5-17)20-10-13-2-1-3-14(8-13)22-12-19-11-21-22;/h1-3,8,11-12,15,18H,4-7,9-10H2,(H,20,23);1H. The molecule has 1 amide bonds. The number of hydrogen-bond donors (Lipinski definition) is 2. The van der Waals surface area contributed by atoms with Gasteiger partial charge < -0.3 is 10.6 Å². The Bertz CT molecular complexity index is 697. The summed E-state index contributed by atoms with van der Waals surface area (Å²) in [5.74, 6) is 0.418. The minimum Gasteiger partial charge on any atom is -0.352 e. The van der Waals surface area contributed by atoms with Gasteiger partial charge in [-0.1, -0.05) is 12.1 Å². The third kappa shape index (κ3) is 3.30. The molecule has 4 rings (SSSR count). The predicted molar refractivity (Wildman–Crippen MR) is 93.1 cm³/mol. The molecule has 1 aromatic heterocycles. The van der Waals surface area contributed by atoms with Gasteiger partial charge in [-0.3, -0.25) is 4.79 Å². The summed E-state index contributed by atoms with van der Waals surface area (Å²) in [5, 5.41) is 10.6. The lowest BCUT2D eigenvalue weighted by atomic mass is 9.92. The average molecular weight is 348 g/mol. The van der Waals surface area contributed by atoms with E-state index in [9.17, 15) is 4.79 Å².